The van der Waals surface area contributed by atoms with Gasteiger partial charge in [0.2, 0.25) is 0 Å². The number of rotatable bonds is 8. The Balaban J connectivity index is 1.10. The monoisotopic (exact) mass is 386 g/mol. The Kier molecular flexibility index (Phi) is 7.73. The second-order valence-electron chi connectivity index (χ2n) is 9.02. The fourth-order valence-electron chi connectivity index (χ4n) is 5.18. The van der Waals surface area contributed by atoms with Crippen LogP contribution in [0.5, 0.6) is 0 Å². The first-order valence-corrected chi connectivity index (χ1v) is 11.5. The van der Waals surface area contributed by atoms with Gasteiger partial charge in [0.05, 0.1) is 6.61 Å². The van der Waals surface area contributed by atoms with E-state index in [2.05, 4.69) is 25.8 Å². The first kappa shape index (κ1) is 20.3. The molecule has 3 saturated heterocycles. The van der Waals surface area contributed by atoms with Gasteiger partial charge in [-0.05, 0) is 62.7 Å². The summed E-state index contributed by atoms with van der Waals surface area (Å²) in [6, 6.07) is 4.98. The highest BCUT2D eigenvalue weighted by atomic mass is 16.5. The summed E-state index contributed by atoms with van der Waals surface area (Å²) in [5, 5.41) is 0. The van der Waals surface area contributed by atoms with Crippen molar-refractivity contribution in [2.75, 3.05) is 59.0 Å². The van der Waals surface area contributed by atoms with Gasteiger partial charge in [0.1, 0.15) is 0 Å². The van der Waals surface area contributed by atoms with Crippen molar-refractivity contribution in [3.05, 3.63) is 30.1 Å². The Morgan fingerprint density at radius 3 is 2.79 bits per heavy atom. The van der Waals surface area contributed by atoms with E-state index in [4.69, 9.17) is 4.74 Å². The highest BCUT2D eigenvalue weighted by Crippen LogP contribution is 2.26. The maximum atomic E-state index is 6.07. The topological polar surface area (TPSA) is 31.8 Å². The Bertz CT molecular complexity index is 563. The molecule has 0 N–H and O–H groups in total. The maximum absolute atomic E-state index is 6.07. The molecule has 0 aromatic carbocycles. The maximum Gasteiger partial charge on any atom is 0.0506 e. The van der Waals surface area contributed by atoms with Gasteiger partial charge in [0, 0.05) is 64.3 Å². The molecule has 0 saturated carbocycles. The van der Waals surface area contributed by atoms with Gasteiger partial charge in [-0.1, -0.05) is 12.5 Å². The number of piperazine rings is 1. The van der Waals surface area contributed by atoms with Crippen molar-refractivity contribution < 1.29 is 4.74 Å². The molecule has 3 aliphatic heterocycles. The van der Waals surface area contributed by atoms with Crippen molar-refractivity contribution in [3.63, 3.8) is 0 Å². The summed E-state index contributed by atoms with van der Waals surface area (Å²) in [5.74, 6) is 0.733. The number of hydrogen-bond donors (Lipinski definition) is 0. The minimum atomic E-state index is 0.733. The summed E-state index contributed by atoms with van der Waals surface area (Å²) in [5.41, 5.74) is 1.34. The molecule has 1 aromatic heterocycles. The van der Waals surface area contributed by atoms with Gasteiger partial charge < -0.3 is 9.64 Å². The summed E-state index contributed by atoms with van der Waals surface area (Å²) in [6.07, 6.45) is 11.9. The molecule has 2 atom stereocenters. The molecule has 0 spiro atoms. The van der Waals surface area contributed by atoms with Crippen molar-refractivity contribution in [2.45, 2.75) is 51.1 Å². The zero-order chi connectivity index (χ0) is 19.0. The Morgan fingerprint density at radius 2 is 1.93 bits per heavy atom. The van der Waals surface area contributed by atoms with E-state index >= 15 is 0 Å². The van der Waals surface area contributed by atoms with Crippen LogP contribution in [0.1, 0.15) is 44.1 Å². The molecule has 2 unspecified atom stereocenters. The van der Waals surface area contributed by atoms with Crippen LogP contribution >= 0.6 is 0 Å². The molecule has 1 aromatic rings. The van der Waals surface area contributed by atoms with Crippen molar-refractivity contribution in [2.24, 2.45) is 5.92 Å². The minimum absolute atomic E-state index is 0.733. The molecule has 0 bridgehead atoms. The number of nitrogens with zero attached hydrogens (tertiary/aromatic N) is 4. The Morgan fingerprint density at radius 1 is 1.00 bits per heavy atom. The SMILES string of the molecule is c1cncc(CN2CCN3CC(COCCCN4CCCCC4)CCC3C2)c1. The minimum Gasteiger partial charge on any atom is -0.381 e. The van der Waals surface area contributed by atoms with E-state index in [0.717, 1.165) is 31.7 Å². The fraction of sp³-hybridized carbons (Fsp3) is 0.783. The van der Waals surface area contributed by atoms with Gasteiger partial charge in [-0.25, -0.2) is 0 Å². The van der Waals surface area contributed by atoms with E-state index in [1.165, 1.54) is 89.9 Å². The van der Waals surface area contributed by atoms with Crippen molar-refractivity contribution in [3.8, 4) is 0 Å². The average Bonchev–Trinajstić information content (AvgIpc) is 2.75. The van der Waals surface area contributed by atoms with Crippen LogP contribution in [0.2, 0.25) is 0 Å². The number of hydrogen-bond acceptors (Lipinski definition) is 5. The molecular weight excluding hydrogens is 348 g/mol. The van der Waals surface area contributed by atoms with Crippen LogP contribution in [0.4, 0.5) is 0 Å². The number of likely N-dealkylation sites (tertiary alicyclic amines) is 1. The molecule has 28 heavy (non-hydrogen) atoms. The lowest BCUT2D eigenvalue weighted by molar-refractivity contribution is -0.00318. The molecular formula is C23H38N4O. The van der Waals surface area contributed by atoms with Crippen molar-refractivity contribution in [1.29, 1.82) is 0 Å². The summed E-state index contributed by atoms with van der Waals surface area (Å²) in [4.78, 5) is 12.2. The van der Waals surface area contributed by atoms with Crippen molar-refractivity contribution in [1.82, 2.24) is 19.7 Å². The predicted octanol–water partition coefficient (Wildman–Crippen LogP) is 2.87. The lowest BCUT2D eigenvalue weighted by Gasteiger charge is -2.46. The number of fused-ring (bicyclic) bond motifs is 1. The summed E-state index contributed by atoms with van der Waals surface area (Å²) >= 11 is 0. The zero-order valence-electron chi connectivity index (χ0n) is 17.5. The molecule has 5 nitrogen and oxygen atoms in total. The van der Waals surface area contributed by atoms with Gasteiger partial charge >= 0.3 is 0 Å². The van der Waals surface area contributed by atoms with Gasteiger partial charge in [0.25, 0.3) is 0 Å². The molecule has 156 valence electrons. The van der Waals surface area contributed by atoms with E-state index in [0.29, 0.717) is 0 Å². The normalized spacial score (nSPS) is 27.6. The highest BCUT2D eigenvalue weighted by Gasteiger charge is 2.32. The lowest BCUT2D eigenvalue weighted by Crippen LogP contribution is -2.56. The first-order chi connectivity index (χ1) is 13.9. The van der Waals surface area contributed by atoms with Crippen LogP contribution in [-0.4, -0.2) is 84.8 Å². The molecule has 0 amide bonds. The molecule has 3 fully saturated rings. The molecule has 3 aliphatic rings. The van der Waals surface area contributed by atoms with Crippen LogP contribution in [0, 0.1) is 5.92 Å². The van der Waals surface area contributed by atoms with Crippen molar-refractivity contribution >= 4 is 0 Å². The van der Waals surface area contributed by atoms with Gasteiger partial charge in [-0.2, -0.15) is 0 Å². The molecule has 4 rings (SSSR count). The molecule has 4 heterocycles. The summed E-state index contributed by atoms with van der Waals surface area (Å²) in [7, 11) is 0. The molecule has 0 aliphatic carbocycles. The number of aromatic nitrogens is 1. The second kappa shape index (κ2) is 10.7. The number of pyridine rings is 1. The highest BCUT2D eigenvalue weighted by molar-refractivity contribution is 5.08. The lowest BCUT2D eigenvalue weighted by atomic mass is 9.91. The molecule has 5 heteroatoms. The third kappa shape index (κ3) is 5.99. The molecule has 0 radical (unpaired) electrons. The second-order valence-corrected chi connectivity index (χ2v) is 9.02. The van der Waals surface area contributed by atoms with Gasteiger partial charge in [0.15, 0.2) is 0 Å². The van der Waals surface area contributed by atoms with E-state index in [1.54, 1.807) is 0 Å². The number of piperidine rings is 2. The smallest absolute Gasteiger partial charge is 0.0506 e. The van der Waals surface area contributed by atoms with E-state index in [9.17, 15) is 0 Å². The van der Waals surface area contributed by atoms with Crippen LogP contribution in [-0.2, 0) is 11.3 Å². The first-order valence-electron chi connectivity index (χ1n) is 11.5. The Labute approximate surface area is 171 Å². The predicted molar refractivity (Wildman–Crippen MR) is 113 cm³/mol. The Hall–Kier alpha value is -1.01. The fourth-order valence-corrected chi connectivity index (χ4v) is 5.18. The van der Waals surface area contributed by atoms with Gasteiger partial charge in [-0.15, -0.1) is 0 Å². The zero-order valence-corrected chi connectivity index (χ0v) is 17.5. The number of ether oxygens (including phenoxy) is 1. The summed E-state index contributed by atoms with van der Waals surface area (Å²) in [6.45, 7) is 11.6. The average molecular weight is 387 g/mol. The third-order valence-corrected chi connectivity index (χ3v) is 6.78. The standard InChI is InChI=1S/C23H38N4O/c1-2-10-25(11-3-1)12-5-15-28-20-22-7-8-23-19-26(13-14-27(23)18-22)17-21-6-4-9-24-16-21/h4,6,9,16,22-23H,1-3,5,7-8,10-15,17-20H2. The summed E-state index contributed by atoms with van der Waals surface area (Å²) < 4.78 is 6.07. The van der Waals surface area contributed by atoms with Crippen LogP contribution in [0.25, 0.3) is 0 Å². The van der Waals surface area contributed by atoms with Gasteiger partial charge in [-0.3, -0.25) is 14.8 Å². The third-order valence-electron chi connectivity index (χ3n) is 6.78. The quantitative estimate of drug-likeness (QED) is 0.642. The largest absolute Gasteiger partial charge is 0.381 e. The van der Waals surface area contributed by atoms with Crippen LogP contribution in [0.3, 0.4) is 0 Å². The van der Waals surface area contributed by atoms with Crippen LogP contribution in [0.15, 0.2) is 24.5 Å². The van der Waals surface area contributed by atoms with E-state index in [-0.39, 0.29) is 0 Å². The van der Waals surface area contributed by atoms with E-state index in [1.807, 2.05) is 18.5 Å². The van der Waals surface area contributed by atoms with Crippen LogP contribution < -0.4 is 0 Å². The van der Waals surface area contributed by atoms with E-state index < -0.39 is 0 Å².